The number of carbonyl (C=O) groups is 2. The fraction of sp³-hybridized carbons (Fsp3) is 0.560. The number of ether oxygens (including phenoxy) is 2. The van der Waals surface area contributed by atoms with Crippen molar-refractivity contribution in [1.82, 2.24) is 19.4 Å². The van der Waals surface area contributed by atoms with Crippen LogP contribution in [-0.4, -0.2) is 139 Å². The van der Waals surface area contributed by atoms with Crippen LogP contribution >= 0.6 is 11.6 Å². The summed E-state index contributed by atoms with van der Waals surface area (Å²) < 4.78 is 69.5. The highest BCUT2D eigenvalue weighted by molar-refractivity contribution is 7.91. The molecule has 4 heterocycles. The third-order valence-corrected chi connectivity index (χ3v) is 19.8. The molecular weight excluding hydrogens is 898 g/mol. The first-order chi connectivity index (χ1) is 31.6. The molecule has 2 aliphatic carbocycles. The first-order valence-corrected chi connectivity index (χ1v) is 27.3. The highest BCUT2D eigenvalue weighted by Gasteiger charge is 2.50. The minimum atomic E-state index is -4.04. The zero-order chi connectivity index (χ0) is 46.4. The van der Waals surface area contributed by atoms with Gasteiger partial charge in [-0.05, 0) is 117 Å². The van der Waals surface area contributed by atoms with Crippen molar-refractivity contribution in [2.45, 2.75) is 86.0 Å². The number of benzene rings is 3. The van der Waals surface area contributed by atoms with Gasteiger partial charge in [0, 0.05) is 94.5 Å². The van der Waals surface area contributed by atoms with Crippen molar-refractivity contribution < 1.29 is 35.9 Å². The molecule has 3 aromatic rings. The maximum atomic E-state index is 13.8. The van der Waals surface area contributed by atoms with Crippen molar-refractivity contribution in [2.24, 2.45) is 17.8 Å². The maximum Gasteiger partial charge on any atom is 0.264 e. The van der Waals surface area contributed by atoms with E-state index in [2.05, 4.69) is 43.7 Å². The van der Waals surface area contributed by atoms with Crippen LogP contribution in [0.5, 0.6) is 5.75 Å². The average Bonchev–Trinajstić information content (AvgIpc) is 3.45. The number of sulfone groups is 1. The predicted molar refractivity (Wildman–Crippen MR) is 256 cm³/mol. The molecule has 13 nitrogen and oxygen atoms in total. The number of hydrogen-bond acceptors (Lipinski definition) is 11. The van der Waals surface area contributed by atoms with Gasteiger partial charge in [0.05, 0.1) is 28.2 Å². The minimum absolute atomic E-state index is 0.0596. The number of nitrogens with zero attached hydrogens (tertiary/aromatic N) is 4. The molecule has 356 valence electrons. The Labute approximate surface area is 395 Å². The van der Waals surface area contributed by atoms with Crippen molar-refractivity contribution in [1.29, 1.82) is 0 Å². The van der Waals surface area contributed by atoms with E-state index >= 15 is 0 Å². The molecule has 0 aromatic heterocycles. The van der Waals surface area contributed by atoms with Crippen molar-refractivity contribution in [2.75, 3.05) is 83.3 Å². The number of anilines is 1. The SMILES string of the molecule is CO[C@@]1(CN2CCN3CCN(C(=O)CCS(=O)(=O)c4ccccc4)C[C@@H]3C2)/C=C\C[C@H](C)[C@@H](C)S(=O)(=O)NC(=O)c2ccc3c(c2)N(C[C@@H]2CC[C@H]21)C[C@@]1(CCCc2cc(Cl)ccc21)CO3. The van der Waals surface area contributed by atoms with E-state index in [9.17, 15) is 26.4 Å². The molecule has 4 aliphatic heterocycles. The maximum absolute atomic E-state index is 13.8. The van der Waals surface area contributed by atoms with Crippen LogP contribution in [0.25, 0.3) is 0 Å². The number of carbonyl (C=O) groups excluding carboxylic acids is 2. The highest BCUT2D eigenvalue weighted by atomic mass is 35.5. The molecule has 6 aliphatic rings. The Hall–Kier alpha value is -3.99. The number of hydrogen-bond donors (Lipinski definition) is 1. The number of amides is 2. The molecule has 1 N–H and O–H groups in total. The summed E-state index contributed by atoms with van der Waals surface area (Å²) in [4.78, 5) is 36.7. The first-order valence-electron chi connectivity index (χ1n) is 23.7. The molecule has 1 spiro atoms. The van der Waals surface area contributed by atoms with Gasteiger partial charge in [-0.2, -0.15) is 0 Å². The largest absolute Gasteiger partial charge is 0.490 e. The second-order valence-electron chi connectivity index (χ2n) is 19.8. The molecule has 0 radical (unpaired) electrons. The lowest BCUT2D eigenvalue weighted by atomic mass is 9.63. The summed E-state index contributed by atoms with van der Waals surface area (Å²) in [7, 11) is -5.82. The van der Waals surface area contributed by atoms with E-state index in [0.29, 0.717) is 56.5 Å². The van der Waals surface area contributed by atoms with Crippen molar-refractivity contribution in [3.8, 4) is 5.75 Å². The van der Waals surface area contributed by atoms with Crippen LogP contribution in [0.2, 0.25) is 5.02 Å². The Kier molecular flexibility index (Phi) is 13.4. The average molecular weight is 963 g/mol. The van der Waals surface area contributed by atoms with E-state index in [4.69, 9.17) is 21.1 Å². The molecule has 7 atom stereocenters. The second kappa shape index (κ2) is 18.8. The Morgan fingerprint density at radius 3 is 2.56 bits per heavy atom. The lowest BCUT2D eigenvalue weighted by Gasteiger charge is -2.53. The monoisotopic (exact) mass is 961 g/mol. The molecule has 0 unspecified atom stereocenters. The van der Waals surface area contributed by atoms with Gasteiger partial charge in [-0.3, -0.25) is 19.4 Å². The van der Waals surface area contributed by atoms with E-state index in [1.807, 2.05) is 30.0 Å². The van der Waals surface area contributed by atoms with Crippen LogP contribution in [0.4, 0.5) is 5.69 Å². The van der Waals surface area contributed by atoms with E-state index in [0.717, 1.165) is 64.0 Å². The third-order valence-electron chi connectivity index (χ3n) is 15.9. The summed E-state index contributed by atoms with van der Waals surface area (Å²) in [6.07, 6.45) is 9.50. The number of rotatable bonds is 7. The van der Waals surface area contributed by atoms with Crippen LogP contribution < -0.4 is 14.4 Å². The zero-order valence-electron chi connectivity index (χ0n) is 38.4. The number of piperazine rings is 2. The Morgan fingerprint density at radius 2 is 1.79 bits per heavy atom. The van der Waals surface area contributed by atoms with Crippen LogP contribution in [0, 0.1) is 17.8 Å². The van der Waals surface area contributed by atoms with Gasteiger partial charge >= 0.3 is 0 Å². The molecule has 2 amide bonds. The smallest absolute Gasteiger partial charge is 0.264 e. The van der Waals surface area contributed by atoms with Gasteiger partial charge in [0.25, 0.3) is 5.91 Å². The molecule has 1 saturated carbocycles. The number of nitrogens with one attached hydrogen (secondary N) is 1. The van der Waals surface area contributed by atoms with E-state index in [1.54, 1.807) is 50.4 Å². The van der Waals surface area contributed by atoms with Crippen LogP contribution in [0.1, 0.15) is 73.9 Å². The standard InChI is InChI=1S/C50H64ClN5O8S2/c1-35-9-7-21-50(63-3,33-53-22-23-54-24-25-55(31-41(54)30-53)47(57)19-26-65(59,60)42-11-5-4-6-12-42)44-16-13-39(44)29-56-32-49(20-8-10-37-27-40(51)15-17-43(37)49)34-64-46-18-14-38(28-45(46)56)48(58)52-66(61,62)36(35)2/h4-7,11-12,14-15,17-18,21,27-28,35-36,39,41,44H,8-10,13,16,19-20,22-26,29-34H2,1-3H3,(H,52,58)/b21-7-/t35-,36+,39-,41-,44+,49-,50+/m0/s1. The highest BCUT2D eigenvalue weighted by Crippen LogP contribution is 2.49. The van der Waals surface area contributed by atoms with Crippen LogP contribution in [-0.2, 0) is 41.2 Å². The van der Waals surface area contributed by atoms with Gasteiger partial charge in [-0.25, -0.2) is 21.6 Å². The lowest BCUT2D eigenvalue weighted by molar-refractivity contribution is -0.136. The first kappa shape index (κ1) is 47.1. The van der Waals surface area contributed by atoms with Crippen molar-refractivity contribution in [3.63, 3.8) is 0 Å². The lowest BCUT2D eigenvalue weighted by Crippen LogP contribution is -2.65. The molecule has 2 bridgehead atoms. The molecular formula is C50H64ClN5O8S2. The Morgan fingerprint density at radius 1 is 0.985 bits per heavy atom. The van der Waals surface area contributed by atoms with Gasteiger partial charge in [0.1, 0.15) is 11.4 Å². The van der Waals surface area contributed by atoms with Gasteiger partial charge in [-0.15, -0.1) is 0 Å². The van der Waals surface area contributed by atoms with Gasteiger partial charge in [-0.1, -0.05) is 54.9 Å². The van der Waals surface area contributed by atoms with Gasteiger partial charge in [0.2, 0.25) is 15.9 Å². The third kappa shape index (κ3) is 9.41. The predicted octanol–water partition coefficient (Wildman–Crippen LogP) is 5.96. The summed E-state index contributed by atoms with van der Waals surface area (Å²) in [6, 6.07) is 19.9. The molecule has 3 aromatic carbocycles. The molecule has 3 fully saturated rings. The zero-order valence-corrected chi connectivity index (χ0v) is 40.8. The van der Waals surface area contributed by atoms with Crippen molar-refractivity contribution >= 4 is 49.0 Å². The van der Waals surface area contributed by atoms with Crippen LogP contribution in [0.3, 0.4) is 0 Å². The number of methoxy groups -OCH3 is 1. The Balaban J connectivity index is 0.998. The summed E-state index contributed by atoms with van der Waals surface area (Å²) >= 11 is 6.54. The quantitative estimate of drug-likeness (QED) is 0.280. The molecule has 66 heavy (non-hydrogen) atoms. The van der Waals surface area contributed by atoms with E-state index in [-0.39, 0.29) is 57.8 Å². The molecule has 16 heteroatoms. The fourth-order valence-electron chi connectivity index (χ4n) is 11.7. The van der Waals surface area contributed by atoms with Crippen LogP contribution in [0.15, 0.2) is 83.8 Å². The minimum Gasteiger partial charge on any atom is -0.490 e. The summed E-state index contributed by atoms with van der Waals surface area (Å²) in [5.74, 6) is -0.302. The number of fused-ring (bicyclic) bond motifs is 5. The molecule has 2 saturated heterocycles. The number of sulfonamides is 1. The van der Waals surface area contributed by atoms with Gasteiger partial charge in [0.15, 0.2) is 9.84 Å². The van der Waals surface area contributed by atoms with E-state index in [1.165, 1.54) is 11.1 Å². The molecule has 9 rings (SSSR count). The number of halogens is 1. The fourth-order valence-corrected chi connectivity index (χ4v) is 14.4. The Bertz CT molecular complexity index is 2560. The summed E-state index contributed by atoms with van der Waals surface area (Å²) in [5, 5.41) is -0.136. The number of aryl methyl sites for hydroxylation is 1. The van der Waals surface area contributed by atoms with Gasteiger partial charge < -0.3 is 19.3 Å². The normalized spacial score (nSPS) is 31.0. The second-order valence-corrected chi connectivity index (χ2v) is 24.4. The number of allylic oxidation sites excluding steroid dienone is 1. The topological polar surface area (TPSA) is 146 Å². The van der Waals surface area contributed by atoms with Crippen molar-refractivity contribution in [3.05, 3.63) is 101 Å². The summed E-state index contributed by atoms with van der Waals surface area (Å²) in [6.45, 7) is 10.2. The summed E-state index contributed by atoms with van der Waals surface area (Å²) in [5.41, 5.74) is 2.48. The van der Waals surface area contributed by atoms with E-state index < -0.39 is 36.6 Å².